The number of nitrogens with one attached hydrogen (secondary N) is 2. The molecule has 1 atom stereocenters. The van der Waals surface area contributed by atoms with E-state index in [0.29, 0.717) is 23.4 Å². The second-order valence-corrected chi connectivity index (χ2v) is 7.00. The highest BCUT2D eigenvalue weighted by Crippen LogP contribution is 2.34. The van der Waals surface area contributed by atoms with Crippen LogP contribution in [0.2, 0.25) is 0 Å². The van der Waals surface area contributed by atoms with E-state index in [9.17, 15) is 14.4 Å². The maximum absolute atomic E-state index is 13.2. The third-order valence-electron chi connectivity index (χ3n) is 5.08. The van der Waals surface area contributed by atoms with Gasteiger partial charge in [-0.2, -0.15) is 0 Å². The van der Waals surface area contributed by atoms with Crippen molar-refractivity contribution in [3.8, 4) is 5.75 Å². The lowest BCUT2D eigenvalue weighted by atomic mass is 9.86. The van der Waals surface area contributed by atoms with E-state index >= 15 is 0 Å². The lowest BCUT2D eigenvalue weighted by Crippen LogP contribution is -2.44. The third kappa shape index (κ3) is 3.78. The van der Waals surface area contributed by atoms with Gasteiger partial charge in [0.2, 0.25) is 5.91 Å². The first kappa shape index (κ1) is 20.3. The number of imide groups is 1. The number of carbonyl (C=O) groups is 3. The van der Waals surface area contributed by atoms with Crippen molar-refractivity contribution in [1.29, 1.82) is 0 Å². The van der Waals surface area contributed by atoms with E-state index in [1.165, 1.54) is 0 Å². The number of aromatic nitrogens is 1. The zero-order chi connectivity index (χ0) is 21.2. The molecule has 0 spiro atoms. The van der Waals surface area contributed by atoms with E-state index in [2.05, 4.69) is 15.6 Å². The third-order valence-corrected chi connectivity index (χ3v) is 5.08. The van der Waals surface area contributed by atoms with Crippen molar-refractivity contribution in [2.75, 3.05) is 19.0 Å². The summed E-state index contributed by atoms with van der Waals surface area (Å²) in [5.41, 5.74) is 1.61. The summed E-state index contributed by atoms with van der Waals surface area (Å²) in [6, 6.07) is 8.11. The summed E-state index contributed by atoms with van der Waals surface area (Å²) in [6.07, 6.45) is 1.93. The zero-order valence-electron chi connectivity index (χ0n) is 16.9. The molecule has 1 aromatic carbocycles. The van der Waals surface area contributed by atoms with Crippen LogP contribution < -0.4 is 15.4 Å². The van der Waals surface area contributed by atoms with Crippen LogP contribution in [-0.4, -0.2) is 41.4 Å². The molecule has 1 aromatic heterocycles. The molecular formula is C21H24N4O4. The van der Waals surface area contributed by atoms with Crippen molar-refractivity contribution < 1.29 is 19.1 Å². The van der Waals surface area contributed by atoms with Crippen LogP contribution in [0.5, 0.6) is 5.75 Å². The van der Waals surface area contributed by atoms with Crippen LogP contribution in [0.1, 0.15) is 30.2 Å². The number of hydrogen-bond donors (Lipinski definition) is 2. The van der Waals surface area contributed by atoms with Gasteiger partial charge < -0.3 is 15.4 Å². The maximum atomic E-state index is 13.2. The first-order valence-corrected chi connectivity index (χ1v) is 9.32. The number of anilines is 1. The van der Waals surface area contributed by atoms with E-state index in [1.54, 1.807) is 44.5 Å². The Balaban J connectivity index is 1.82. The Labute approximate surface area is 169 Å². The molecule has 152 valence electrons. The number of methoxy groups -OCH3 is 1. The molecule has 4 amide bonds. The van der Waals surface area contributed by atoms with Gasteiger partial charge in [0.25, 0.3) is 5.91 Å². The van der Waals surface area contributed by atoms with Gasteiger partial charge in [0.05, 0.1) is 7.11 Å². The summed E-state index contributed by atoms with van der Waals surface area (Å²) in [4.78, 5) is 43.2. The fourth-order valence-corrected chi connectivity index (χ4v) is 3.52. The molecule has 0 saturated carbocycles. The quantitative estimate of drug-likeness (QED) is 0.731. The molecule has 0 radical (unpaired) electrons. The van der Waals surface area contributed by atoms with Gasteiger partial charge in [-0.05, 0) is 55.7 Å². The van der Waals surface area contributed by atoms with Gasteiger partial charge in [-0.1, -0.05) is 13.0 Å². The van der Waals surface area contributed by atoms with Crippen molar-refractivity contribution in [3.05, 3.63) is 53.3 Å². The predicted octanol–water partition coefficient (Wildman–Crippen LogP) is 2.50. The van der Waals surface area contributed by atoms with Gasteiger partial charge in [0, 0.05) is 17.6 Å². The fraction of sp³-hybridized carbons (Fsp3) is 0.333. The molecule has 1 aliphatic heterocycles. The monoisotopic (exact) mass is 396 g/mol. The van der Waals surface area contributed by atoms with Gasteiger partial charge in [0.1, 0.15) is 17.8 Å². The highest BCUT2D eigenvalue weighted by molar-refractivity contribution is 6.10. The Bertz CT molecular complexity index is 975. The number of amides is 4. The number of ether oxygens (including phenoxy) is 1. The molecule has 1 saturated heterocycles. The normalized spacial score (nSPS) is 18.6. The van der Waals surface area contributed by atoms with Crippen LogP contribution in [0.3, 0.4) is 0 Å². The van der Waals surface area contributed by atoms with E-state index in [-0.39, 0.29) is 6.54 Å². The molecule has 8 heteroatoms. The van der Waals surface area contributed by atoms with Crippen LogP contribution in [0.25, 0.3) is 0 Å². The summed E-state index contributed by atoms with van der Waals surface area (Å²) in [5, 5.41) is 5.47. The van der Waals surface area contributed by atoms with Crippen molar-refractivity contribution in [2.45, 2.75) is 32.7 Å². The number of carbonyl (C=O) groups excluding carboxylic acids is 3. The van der Waals surface area contributed by atoms with Crippen molar-refractivity contribution in [3.63, 3.8) is 0 Å². The largest absolute Gasteiger partial charge is 0.496 e. The smallest absolute Gasteiger partial charge is 0.325 e. The second-order valence-electron chi connectivity index (χ2n) is 7.00. The molecule has 3 rings (SSSR count). The SMILES string of the molecule is CCC1(c2ccc(OC)c(C)c2)NC(=O)N(CC(=O)Nc2ccnc(C)c2)C1=O. The minimum Gasteiger partial charge on any atom is -0.496 e. The molecule has 2 aromatic rings. The predicted molar refractivity (Wildman–Crippen MR) is 108 cm³/mol. The minimum absolute atomic E-state index is 0.352. The van der Waals surface area contributed by atoms with E-state index < -0.39 is 23.4 Å². The van der Waals surface area contributed by atoms with Crippen molar-refractivity contribution in [1.82, 2.24) is 15.2 Å². The molecule has 1 fully saturated rings. The van der Waals surface area contributed by atoms with Gasteiger partial charge >= 0.3 is 6.03 Å². The van der Waals surface area contributed by atoms with E-state index in [1.807, 2.05) is 19.9 Å². The van der Waals surface area contributed by atoms with Crippen LogP contribution in [0.15, 0.2) is 36.5 Å². The minimum atomic E-state index is -1.21. The van der Waals surface area contributed by atoms with Gasteiger partial charge in [-0.25, -0.2) is 4.79 Å². The summed E-state index contributed by atoms with van der Waals surface area (Å²) in [6.45, 7) is 5.12. The Hall–Kier alpha value is -3.42. The maximum Gasteiger partial charge on any atom is 0.325 e. The Kier molecular flexibility index (Phi) is 5.54. The molecule has 2 N–H and O–H groups in total. The number of nitrogens with zero attached hydrogens (tertiary/aromatic N) is 2. The number of aryl methyl sites for hydroxylation is 2. The van der Waals surface area contributed by atoms with Crippen LogP contribution in [0, 0.1) is 13.8 Å². The number of rotatable bonds is 6. The van der Waals surface area contributed by atoms with Crippen molar-refractivity contribution >= 4 is 23.5 Å². The molecule has 1 aliphatic rings. The molecule has 2 heterocycles. The van der Waals surface area contributed by atoms with E-state index in [4.69, 9.17) is 4.74 Å². The fourth-order valence-electron chi connectivity index (χ4n) is 3.52. The molecule has 0 bridgehead atoms. The summed E-state index contributed by atoms with van der Waals surface area (Å²) < 4.78 is 5.28. The Morgan fingerprint density at radius 1 is 1.24 bits per heavy atom. The second kappa shape index (κ2) is 7.90. The highest BCUT2D eigenvalue weighted by Gasteiger charge is 2.51. The van der Waals surface area contributed by atoms with Crippen LogP contribution >= 0.6 is 0 Å². The first-order valence-electron chi connectivity index (χ1n) is 9.32. The lowest BCUT2D eigenvalue weighted by Gasteiger charge is -2.26. The summed E-state index contributed by atoms with van der Waals surface area (Å²) in [7, 11) is 1.57. The number of pyridine rings is 1. The number of benzene rings is 1. The summed E-state index contributed by atoms with van der Waals surface area (Å²) >= 11 is 0. The topological polar surface area (TPSA) is 101 Å². The number of hydrogen-bond acceptors (Lipinski definition) is 5. The standard InChI is InChI=1S/C21H24N4O4/c1-5-21(15-6-7-17(29-4)13(2)10-15)19(27)25(20(28)24-21)12-18(26)23-16-8-9-22-14(3)11-16/h6-11H,5,12H2,1-4H3,(H,24,28)(H,22,23,26). The Morgan fingerprint density at radius 2 is 2.00 bits per heavy atom. The molecule has 0 aliphatic carbocycles. The first-order chi connectivity index (χ1) is 13.8. The molecular weight excluding hydrogens is 372 g/mol. The molecule has 1 unspecified atom stereocenters. The lowest BCUT2D eigenvalue weighted by molar-refractivity contribution is -0.134. The average Bonchev–Trinajstić information content (AvgIpc) is 2.93. The number of urea groups is 1. The van der Waals surface area contributed by atoms with Gasteiger partial charge in [-0.3, -0.25) is 19.5 Å². The summed E-state index contributed by atoms with van der Waals surface area (Å²) in [5.74, 6) is -0.215. The molecule has 29 heavy (non-hydrogen) atoms. The van der Waals surface area contributed by atoms with Crippen molar-refractivity contribution in [2.24, 2.45) is 0 Å². The van der Waals surface area contributed by atoms with Crippen LogP contribution in [0.4, 0.5) is 10.5 Å². The van der Waals surface area contributed by atoms with Gasteiger partial charge in [0.15, 0.2) is 0 Å². The van der Waals surface area contributed by atoms with E-state index in [0.717, 1.165) is 16.2 Å². The van der Waals surface area contributed by atoms with Crippen LogP contribution in [-0.2, 0) is 15.1 Å². The van der Waals surface area contributed by atoms with Gasteiger partial charge in [-0.15, -0.1) is 0 Å². The Morgan fingerprint density at radius 3 is 2.62 bits per heavy atom. The molecule has 8 nitrogen and oxygen atoms in total. The average molecular weight is 396 g/mol. The zero-order valence-corrected chi connectivity index (χ0v) is 16.9. The highest BCUT2D eigenvalue weighted by atomic mass is 16.5.